The number of rotatable bonds is 2. The second-order valence-electron chi connectivity index (χ2n) is 4.77. The summed E-state index contributed by atoms with van der Waals surface area (Å²) in [6, 6.07) is 8.42. The van der Waals surface area contributed by atoms with Crippen molar-refractivity contribution < 1.29 is 0 Å². The van der Waals surface area contributed by atoms with E-state index in [1.54, 1.807) is 0 Å². The Morgan fingerprint density at radius 3 is 2.29 bits per heavy atom. The molecule has 2 heterocycles. The number of aromatic nitrogens is 2. The molecule has 0 N–H and O–H groups in total. The Morgan fingerprint density at radius 1 is 0.941 bits per heavy atom. The van der Waals surface area contributed by atoms with Crippen LogP contribution in [0.1, 0.15) is 36.8 Å². The Labute approximate surface area is 103 Å². The van der Waals surface area contributed by atoms with Crippen LogP contribution in [-0.2, 0) is 0 Å². The van der Waals surface area contributed by atoms with Crippen molar-refractivity contribution in [2.75, 3.05) is 0 Å². The highest BCUT2D eigenvalue weighted by atomic mass is 14.7. The predicted octanol–water partition coefficient (Wildman–Crippen LogP) is 3.88. The van der Waals surface area contributed by atoms with E-state index in [1.165, 1.54) is 5.56 Å². The standard InChI is InChI=1S/C15H18N2/c1-10(2)15-8-14(7-12(4)17-15)13-6-5-11(3)16-9-13/h5-10H,1-4H3. The van der Waals surface area contributed by atoms with Gasteiger partial charge in [-0.3, -0.25) is 9.97 Å². The van der Waals surface area contributed by atoms with E-state index in [9.17, 15) is 0 Å². The molecule has 0 aliphatic carbocycles. The Morgan fingerprint density at radius 2 is 1.71 bits per heavy atom. The van der Waals surface area contributed by atoms with Crippen molar-refractivity contribution in [1.29, 1.82) is 0 Å². The summed E-state index contributed by atoms with van der Waals surface area (Å²) in [4.78, 5) is 8.90. The molecule has 0 atom stereocenters. The number of aryl methyl sites for hydroxylation is 2. The lowest BCUT2D eigenvalue weighted by molar-refractivity contribution is 0.816. The van der Waals surface area contributed by atoms with Crippen LogP contribution in [0.5, 0.6) is 0 Å². The highest BCUT2D eigenvalue weighted by Gasteiger charge is 2.06. The summed E-state index contributed by atoms with van der Waals surface area (Å²) in [5.41, 5.74) is 5.60. The van der Waals surface area contributed by atoms with Crippen LogP contribution in [0.15, 0.2) is 30.5 Å². The van der Waals surface area contributed by atoms with Crippen LogP contribution in [0, 0.1) is 13.8 Å². The zero-order valence-corrected chi connectivity index (χ0v) is 10.9. The second-order valence-corrected chi connectivity index (χ2v) is 4.77. The largest absolute Gasteiger partial charge is 0.261 e. The van der Waals surface area contributed by atoms with Crippen molar-refractivity contribution >= 4 is 0 Å². The van der Waals surface area contributed by atoms with Crippen molar-refractivity contribution in [1.82, 2.24) is 9.97 Å². The van der Waals surface area contributed by atoms with E-state index in [2.05, 4.69) is 42.0 Å². The first-order chi connectivity index (χ1) is 8.06. The van der Waals surface area contributed by atoms with E-state index in [4.69, 9.17) is 0 Å². The van der Waals surface area contributed by atoms with Gasteiger partial charge in [-0.15, -0.1) is 0 Å². The van der Waals surface area contributed by atoms with Gasteiger partial charge >= 0.3 is 0 Å². The monoisotopic (exact) mass is 226 g/mol. The molecule has 0 unspecified atom stereocenters. The molecule has 0 amide bonds. The third kappa shape index (κ3) is 2.70. The Hall–Kier alpha value is -1.70. The SMILES string of the molecule is Cc1ccc(-c2cc(C)nc(C(C)C)c2)cn1. The Balaban J connectivity index is 2.48. The van der Waals surface area contributed by atoms with Crippen LogP contribution in [0.3, 0.4) is 0 Å². The van der Waals surface area contributed by atoms with Crippen LogP contribution in [0.25, 0.3) is 11.1 Å². The zero-order valence-electron chi connectivity index (χ0n) is 10.9. The summed E-state index contributed by atoms with van der Waals surface area (Å²) < 4.78 is 0. The van der Waals surface area contributed by atoms with E-state index in [1.807, 2.05) is 26.1 Å². The minimum Gasteiger partial charge on any atom is -0.261 e. The molecule has 0 bridgehead atoms. The van der Waals surface area contributed by atoms with E-state index in [0.29, 0.717) is 5.92 Å². The maximum atomic E-state index is 4.56. The minimum absolute atomic E-state index is 0.451. The number of hydrogen-bond acceptors (Lipinski definition) is 2. The zero-order chi connectivity index (χ0) is 12.4. The van der Waals surface area contributed by atoms with Crippen LogP contribution >= 0.6 is 0 Å². The lowest BCUT2D eigenvalue weighted by atomic mass is 10.0. The summed E-state index contributed by atoms with van der Waals surface area (Å²) in [6.07, 6.45) is 1.92. The fraction of sp³-hybridized carbons (Fsp3) is 0.333. The first-order valence-corrected chi connectivity index (χ1v) is 5.98. The first-order valence-electron chi connectivity index (χ1n) is 5.98. The predicted molar refractivity (Wildman–Crippen MR) is 71.0 cm³/mol. The fourth-order valence-electron chi connectivity index (χ4n) is 1.80. The van der Waals surface area contributed by atoms with E-state index < -0.39 is 0 Å². The number of nitrogens with zero attached hydrogens (tertiary/aromatic N) is 2. The van der Waals surface area contributed by atoms with Gasteiger partial charge in [0.2, 0.25) is 0 Å². The van der Waals surface area contributed by atoms with Crippen molar-refractivity contribution in [3.05, 3.63) is 47.5 Å². The molecule has 0 aromatic carbocycles. The van der Waals surface area contributed by atoms with E-state index in [0.717, 1.165) is 22.6 Å². The Bertz CT molecular complexity index is 513. The summed E-state index contributed by atoms with van der Waals surface area (Å²) in [5.74, 6) is 0.451. The third-order valence-electron chi connectivity index (χ3n) is 2.81. The summed E-state index contributed by atoms with van der Waals surface area (Å²) in [5, 5.41) is 0. The number of pyridine rings is 2. The van der Waals surface area contributed by atoms with Gasteiger partial charge in [0, 0.05) is 28.8 Å². The molecule has 2 heteroatoms. The molecule has 0 aliphatic heterocycles. The van der Waals surface area contributed by atoms with Crippen LogP contribution in [0.4, 0.5) is 0 Å². The molecular weight excluding hydrogens is 208 g/mol. The second kappa shape index (κ2) is 4.66. The van der Waals surface area contributed by atoms with Crippen molar-refractivity contribution in [2.45, 2.75) is 33.6 Å². The van der Waals surface area contributed by atoms with Crippen LogP contribution in [0.2, 0.25) is 0 Å². The van der Waals surface area contributed by atoms with Gasteiger partial charge in [-0.25, -0.2) is 0 Å². The van der Waals surface area contributed by atoms with Gasteiger partial charge in [0.1, 0.15) is 0 Å². The molecule has 0 saturated carbocycles. The van der Waals surface area contributed by atoms with Gasteiger partial charge in [-0.1, -0.05) is 19.9 Å². The van der Waals surface area contributed by atoms with E-state index >= 15 is 0 Å². The maximum absolute atomic E-state index is 4.56. The molecule has 0 saturated heterocycles. The minimum atomic E-state index is 0.451. The maximum Gasteiger partial charge on any atom is 0.0438 e. The summed E-state index contributed by atoms with van der Waals surface area (Å²) in [7, 11) is 0. The smallest absolute Gasteiger partial charge is 0.0438 e. The average Bonchev–Trinajstić information content (AvgIpc) is 2.29. The molecule has 2 aromatic heterocycles. The van der Waals surface area contributed by atoms with Gasteiger partial charge in [-0.2, -0.15) is 0 Å². The molecule has 0 aliphatic rings. The van der Waals surface area contributed by atoms with Gasteiger partial charge < -0.3 is 0 Å². The molecule has 2 rings (SSSR count). The lowest BCUT2D eigenvalue weighted by Crippen LogP contribution is -1.96. The number of hydrogen-bond donors (Lipinski definition) is 0. The van der Waals surface area contributed by atoms with Gasteiger partial charge in [0.15, 0.2) is 0 Å². The molecule has 0 radical (unpaired) electrons. The van der Waals surface area contributed by atoms with Crippen molar-refractivity contribution in [2.24, 2.45) is 0 Å². The summed E-state index contributed by atoms with van der Waals surface area (Å²) >= 11 is 0. The van der Waals surface area contributed by atoms with Crippen molar-refractivity contribution in [3.8, 4) is 11.1 Å². The van der Waals surface area contributed by atoms with Crippen LogP contribution in [-0.4, -0.2) is 9.97 Å². The summed E-state index contributed by atoms with van der Waals surface area (Å²) in [6.45, 7) is 8.37. The molecule has 17 heavy (non-hydrogen) atoms. The average molecular weight is 226 g/mol. The third-order valence-corrected chi connectivity index (χ3v) is 2.81. The quantitative estimate of drug-likeness (QED) is 0.776. The Kier molecular flexibility index (Phi) is 3.23. The normalized spacial score (nSPS) is 10.9. The molecule has 0 fully saturated rings. The molecule has 0 spiro atoms. The topological polar surface area (TPSA) is 25.8 Å². The molecule has 2 aromatic rings. The molecule has 88 valence electrons. The first kappa shape index (κ1) is 11.8. The highest BCUT2D eigenvalue weighted by molar-refractivity contribution is 5.63. The van der Waals surface area contributed by atoms with Gasteiger partial charge in [0.25, 0.3) is 0 Å². The highest BCUT2D eigenvalue weighted by Crippen LogP contribution is 2.23. The van der Waals surface area contributed by atoms with Gasteiger partial charge in [-0.05, 0) is 43.5 Å². The van der Waals surface area contributed by atoms with Crippen LogP contribution < -0.4 is 0 Å². The molecule has 2 nitrogen and oxygen atoms in total. The fourth-order valence-corrected chi connectivity index (χ4v) is 1.80. The van der Waals surface area contributed by atoms with E-state index in [-0.39, 0.29) is 0 Å². The lowest BCUT2D eigenvalue weighted by Gasteiger charge is -2.09. The van der Waals surface area contributed by atoms with Gasteiger partial charge in [0.05, 0.1) is 0 Å². The molecular formula is C15H18N2. The van der Waals surface area contributed by atoms with Crippen molar-refractivity contribution in [3.63, 3.8) is 0 Å².